The molecule has 0 bridgehead atoms. The van der Waals surface area contributed by atoms with Gasteiger partial charge in [0.1, 0.15) is 35.6 Å². The largest absolute Gasteiger partial charge is 0.493 e. The molecule has 3 aliphatic heterocycles. The summed E-state index contributed by atoms with van der Waals surface area (Å²) in [5.74, 6) is 2.56. The van der Waals surface area contributed by atoms with E-state index in [9.17, 15) is 4.79 Å². The number of benzene rings is 2. The van der Waals surface area contributed by atoms with Gasteiger partial charge in [0, 0.05) is 11.6 Å². The van der Waals surface area contributed by atoms with Gasteiger partial charge < -0.3 is 23.7 Å². The molecule has 0 amide bonds. The monoisotopic (exact) mass is 394 g/mol. The SMILES string of the molecule is COc1cc2c(cc1OC)[C@H]1C(=O)c3ccc4c(c3OC1CO2)C=CC(C)(C)O4. The molecule has 6 nitrogen and oxygen atoms in total. The summed E-state index contributed by atoms with van der Waals surface area (Å²) in [7, 11) is 3.14. The third-order valence-corrected chi connectivity index (χ3v) is 5.62. The van der Waals surface area contributed by atoms with Crippen molar-refractivity contribution >= 4 is 11.9 Å². The van der Waals surface area contributed by atoms with E-state index in [-0.39, 0.29) is 12.4 Å². The summed E-state index contributed by atoms with van der Waals surface area (Å²) in [5.41, 5.74) is 1.71. The highest BCUT2D eigenvalue weighted by atomic mass is 16.5. The molecule has 5 rings (SSSR count). The zero-order valence-electron chi connectivity index (χ0n) is 16.8. The first-order valence-corrected chi connectivity index (χ1v) is 9.56. The van der Waals surface area contributed by atoms with Crippen LogP contribution in [0.3, 0.4) is 0 Å². The molecular weight excluding hydrogens is 372 g/mol. The van der Waals surface area contributed by atoms with Crippen molar-refractivity contribution in [1.29, 1.82) is 0 Å². The fraction of sp³-hybridized carbons (Fsp3) is 0.348. The van der Waals surface area contributed by atoms with E-state index in [0.717, 1.165) is 11.1 Å². The van der Waals surface area contributed by atoms with Gasteiger partial charge in [-0.05, 0) is 44.2 Å². The van der Waals surface area contributed by atoms with E-state index in [1.165, 1.54) is 0 Å². The lowest BCUT2D eigenvalue weighted by molar-refractivity contribution is 0.0553. The maximum atomic E-state index is 13.5. The fourth-order valence-electron chi connectivity index (χ4n) is 4.19. The predicted octanol–water partition coefficient (Wildman–Crippen LogP) is 4.01. The van der Waals surface area contributed by atoms with Crippen LogP contribution in [0.1, 0.15) is 41.3 Å². The number of hydrogen-bond acceptors (Lipinski definition) is 6. The number of ketones is 1. The van der Waals surface area contributed by atoms with Gasteiger partial charge in [0.05, 0.1) is 31.3 Å². The molecule has 3 heterocycles. The maximum Gasteiger partial charge on any atom is 0.178 e. The van der Waals surface area contributed by atoms with Gasteiger partial charge in [-0.25, -0.2) is 0 Å². The van der Waals surface area contributed by atoms with Crippen molar-refractivity contribution in [3.8, 4) is 28.7 Å². The van der Waals surface area contributed by atoms with Crippen molar-refractivity contribution in [2.45, 2.75) is 31.5 Å². The summed E-state index contributed by atoms with van der Waals surface area (Å²) < 4.78 is 29.0. The molecule has 1 unspecified atom stereocenters. The Morgan fingerprint density at radius 1 is 1.07 bits per heavy atom. The molecule has 0 saturated heterocycles. The van der Waals surface area contributed by atoms with Gasteiger partial charge in [-0.15, -0.1) is 0 Å². The van der Waals surface area contributed by atoms with Crippen LogP contribution in [0, 0.1) is 0 Å². The average Bonchev–Trinajstić information content (AvgIpc) is 2.71. The first-order chi connectivity index (χ1) is 13.9. The Morgan fingerprint density at radius 3 is 2.59 bits per heavy atom. The molecule has 0 aliphatic carbocycles. The van der Waals surface area contributed by atoms with E-state index in [0.29, 0.717) is 34.3 Å². The van der Waals surface area contributed by atoms with Gasteiger partial charge in [0.25, 0.3) is 0 Å². The Hall–Kier alpha value is -3.15. The van der Waals surface area contributed by atoms with Crippen molar-refractivity contribution < 1.29 is 28.5 Å². The van der Waals surface area contributed by atoms with Crippen LogP contribution in [0.5, 0.6) is 28.7 Å². The van der Waals surface area contributed by atoms with Crippen LogP contribution in [0.4, 0.5) is 0 Å². The van der Waals surface area contributed by atoms with Crippen LogP contribution in [0.2, 0.25) is 0 Å². The van der Waals surface area contributed by atoms with E-state index < -0.39 is 17.6 Å². The number of methoxy groups -OCH3 is 2. The molecule has 0 saturated carbocycles. The Morgan fingerprint density at radius 2 is 1.83 bits per heavy atom. The van der Waals surface area contributed by atoms with Crippen molar-refractivity contribution in [2.75, 3.05) is 20.8 Å². The Labute approximate surface area is 169 Å². The Bertz CT molecular complexity index is 1050. The first kappa shape index (κ1) is 17.9. The minimum absolute atomic E-state index is 0.00838. The molecule has 150 valence electrons. The molecule has 0 spiro atoms. The summed E-state index contributed by atoms with van der Waals surface area (Å²) >= 11 is 0. The number of carbonyl (C=O) groups excluding carboxylic acids is 1. The number of Topliss-reactive ketones (excluding diaryl/α,β-unsaturated/α-hetero) is 1. The van der Waals surface area contributed by atoms with Crippen molar-refractivity contribution in [3.05, 3.63) is 47.0 Å². The fourth-order valence-corrected chi connectivity index (χ4v) is 4.19. The molecule has 0 aromatic heterocycles. The normalized spacial score (nSPS) is 22.7. The molecule has 2 aromatic carbocycles. The molecule has 0 radical (unpaired) electrons. The number of rotatable bonds is 2. The molecule has 6 heteroatoms. The molecule has 2 aromatic rings. The Balaban J connectivity index is 1.61. The van der Waals surface area contributed by atoms with Crippen LogP contribution in [0.15, 0.2) is 30.3 Å². The zero-order chi connectivity index (χ0) is 20.3. The molecule has 0 fully saturated rings. The van der Waals surface area contributed by atoms with Crippen LogP contribution >= 0.6 is 0 Å². The molecule has 2 atom stereocenters. The third kappa shape index (κ3) is 2.66. The van der Waals surface area contributed by atoms with E-state index in [2.05, 4.69) is 0 Å². The maximum absolute atomic E-state index is 13.5. The lowest BCUT2D eigenvalue weighted by Crippen LogP contribution is -2.43. The Kier molecular flexibility index (Phi) is 3.81. The second kappa shape index (κ2) is 6.17. The molecular formula is C23H22O6. The van der Waals surface area contributed by atoms with Gasteiger partial charge >= 0.3 is 0 Å². The van der Waals surface area contributed by atoms with Gasteiger partial charge in [-0.1, -0.05) is 0 Å². The second-order valence-corrected chi connectivity index (χ2v) is 7.95. The van der Waals surface area contributed by atoms with E-state index >= 15 is 0 Å². The van der Waals surface area contributed by atoms with Crippen LogP contribution in [-0.4, -0.2) is 38.3 Å². The summed E-state index contributed by atoms with van der Waals surface area (Å²) in [4.78, 5) is 13.5. The smallest absolute Gasteiger partial charge is 0.178 e. The zero-order valence-corrected chi connectivity index (χ0v) is 16.8. The van der Waals surface area contributed by atoms with Crippen LogP contribution in [0.25, 0.3) is 6.08 Å². The van der Waals surface area contributed by atoms with Crippen LogP contribution in [-0.2, 0) is 0 Å². The lowest BCUT2D eigenvalue weighted by atomic mass is 9.81. The minimum Gasteiger partial charge on any atom is -0.493 e. The summed E-state index contributed by atoms with van der Waals surface area (Å²) in [6, 6.07) is 7.20. The highest BCUT2D eigenvalue weighted by molar-refractivity contribution is 6.06. The van der Waals surface area contributed by atoms with Gasteiger partial charge in [0.15, 0.2) is 17.3 Å². The number of hydrogen-bond donors (Lipinski definition) is 0. The van der Waals surface area contributed by atoms with Gasteiger partial charge in [-0.2, -0.15) is 0 Å². The highest BCUT2D eigenvalue weighted by Gasteiger charge is 2.45. The van der Waals surface area contributed by atoms with E-state index in [4.69, 9.17) is 23.7 Å². The quantitative estimate of drug-likeness (QED) is 0.767. The number of carbonyl (C=O) groups is 1. The van der Waals surface area contributed by atoms with E-state index in [1.807, 2.05) is 32.1 Å². The van der Waals surface area contributed by atoms with E-state index in [1.54, 1.807) is 32.4 Å². The summed E-state index contributed by atoms with van der Waals surface area (Å²) in [5, 5.41) is 0. The number of fused-ring (bicyclic) bond motifs is 6. The lowest BCUT2D eigenvalue weighted by Gasteiger charge is -2.38. The highest BCUT2D eigenvalue weighted by Crippen LogP contribution is 2.49. The average molecular weight is 394 g/mol. The van der Waals surface area contributed by atoms with Crippen LogP contribution < -0.4 is 23.7 Å². The summed E-state index contributed by atoms with van der Waals surface area (Å²) in [6.07, 6.45) is 3.52. The predicted molar refractivity (Wildman–Crippen MR) is 107 cm³/mol. The van der Waals surface area contributed by atoms with Gasteiger partial charge in [0.2, 0.25) is 0 Å². The standard InChI is InChI=1S/C23H22O6/c1-23(2)8-7-12-15(29-23)6-5-13-21(24)20-14-9-17(25-3)18(26-4)10-16(14)27-11-19(20)28-22(12)13/h5-10,19-20H,11H2,1-4H3/t19?,20-/m1/s1. The number of ether oxygens (including phenoxy) is 5. The van der Waals surface area contributed by atoms with Crippen molar-refractivity contribution in [3.63, 3.8) is 0 Å². The summed E-state index contributed by atoms with van der Waals surface area (Å²) in [6.45, 7) is 4.25. The topological polar surface area (TPSA) is 63.2 Å². The van der Waals surface area contributed by atoms with Crippen molar-refractivity contribution in [1.82, 2.24) is 0 Å². The third-order valence-electron chi connectivity index (χ3n) is 5.62. The van der Waals surface area contributed by atoms with Gasteiger partial charge in [-0.3, -0.25) is 4.79 Å². The van der Waals surface area contributed by atoms with Crippen molar-refractivity contribution in [2.24, 2.45) is 0 Å². The molecule has 0 N–H and O–H groups in total. The first-order valence-electron chi connectivity index (χ1n) is 9.56. The minimum atomic E-state index is -0.464. The molecule has 29 heavy (non-hydrogen) atoms. The molecule has 3 aliphatic rings. The second-order valence-electron chi connectivity index (χ2n) is 7.95.